The molecular formula is C39H31B5N2. The average molecular weight is 582 g/mol. The maximum absolute atomic E-state index is 5.34. The molecule has 0 atom stereocenters. The predicted molar refractivity (Wildman–Crippen MR) is 213 cm³/mol. The summed E-state index contributed by atoms with van der Waals surface area (Å²) in [5.41, 5.74) is 16.3. The molecule has 7 heteroatoms. The van der Waals surface area contributed by atoms with E-state index in [1.807, 2.05) is 0 Å². The molecule has 0 saturated carbocycles. The summed E-state index contributed by atoms with van der Waals surface area (Å²) in [5, 5.41) is 4.85. The van der Waals surface area contributed by atoms with E-state index in [9.17, 15) is 0 Å². The van der Waals surface area contributed by atoms with Crippen LogP contribution in [0.3, 0.4) is 0 Å². The normalized spacial score (nSPS) is 11.5. The lowest BCUT2D eigenvalue weighted by Gasteiger charge is -2.24. The van der Waals surface area contributed by atoms with Crippen molar-refractivity contribution in [2.75, 3.05) is 0 Å². The van der Waals surface area contributed by atoms with Crippen LogP contribution in [0.15, 0.2) is 127 Å². The molecule has 7 aromatic carbocycles. The van der Waals surface area contributed by atoms with Crippen molar-refractivity contribution in [1.29, 1.82) is 0 Å². The highest BCUT2D eigenvalue weighted by atomic mass is 15.1. The molecule has 0 bridgehead atoms. The number of para-hydroxylation sites is 3. The third kappa shape index (κ3) is 4.22. The van der Waals surface area contributed by atoms with Gasteiger partial charge in [0.2, 0.25) is 0 Å². The lowest BCUT2D eigenvalue weighted by atomic mass is 9.59. The quantitative estimate of drug-likeness (QED) is 0.228. The smallest absolute Gasteiger partial charge is 0.146 e. The molecule has 0 aliphatic heterocycles. The molecule has 0 N–H and O–H groups in total. The molecule has 1 aromatic heterocycles. The van der Waals surface area contributed by atoms with Gasteiger partial charge >= 0.3 is 0 Å². The Morgan fingerprint density at radius 2 is 0.826 bits per heavy atom. The van der Waals surface area contributed by atoms with Gasteiger partial charge in [-0.2, -0.15) is 0 Å². The molecule has 0 aliphatic rings. The molecule has 0 aliphatic carbocycles. The van der Waals surface area contributed by atoms with Gasteiger partial charge in [-0.1, -0.05) is 114 Å². The van der Waals surface area contributed by atoms with E-state index in [-0.39, 0.29) is 0 Å². The fourth-order valence-corrected chi connectivity index (χ4v) is 7.51. The summed E-state index contributed by atoms with van der Waals surface area (Å²) in [5.74, 6) is 0.955. The molecule has 212 valence electrons. The Morgan fingerprint density at radius 1 is 0.391 bits per heavy atom. The minimum Gasteiger partial charge on any atom is -0.292 e. The number of fused-ring (bicyclic) bond motifs is 3. The monoisotopic (exact) mass is 582 g/mol. The molecule has 0 amide bonds. The third-order valence-corrected chi connectivity index (χ3v) is 10.2. The number of aromatic nitrogens is 2. The standard InChI is InChI=1S/C39H31B5N2/c40-34-33(35(41)37(43)38(44)36(34)42)28-19-9-6-16-25(28)31-23-14-4-7-17-26(23)32(27-18-8-5-15-24(27)31)39-45-29-20-10-11-21-30(29)46(39)22-12-2-1-3-13-22/h1-21H,40-44H2. The van der Waals surface area contributed by atoms with E-state index in [1.165, 1.54) is 71.1 Å². The molecule has 0 radical (unpaired) electrons. The molecule has 2 nitrogen and oxygen atoms in total. The fraction of sp³-hybridized carbons (Fsp3) is 0. The van der Waals surface area contributed by atoms with E-state index < -0.39 is 0 Å². The first-order valence-corrected chi connectivity index (χ1v) is 16.1. The van der Waals surface area contributed by atoms with Gasteiger partial charge in [-0.15, -0.1) is 16.4 Å². The SMILES string of the molecule is Bc1c(B)c(B)c(-c2ccccc2-c2c3ccccc3c(-c3nc4ccccc4n3-c3ccccc3)c3ccccc23)c(B)c1B. The van der Waals surface area contributed by atoms with Gasteiger partial charge in [0, 0.05) is 11.3 Å². The van der Waals surface area contributed by atoms with Gasteiger partial charge < -0.3 is 0 Å². The van der Waals surface area contributed by atoms with Crippen molar-refractivity contribution in [2.45, 2.75) is 0 Å². The number of hydrogen-bond donors (Lipinski definition) is 0. The van der Waals surface area contributed by atoms with Crippen molar-refractivity contribution < 1.29 is 0 Å². The van der Waals surface area contributed by atoms with Crippen LogP contribution in [0.2, 0.25) is 0 Å². The minimum absolute atomic E-state index is 0.955. The van der Waals surface area contributed by atoms with Gasteiger partial charge in [0.05, 0.1) is 11.0 Å². The second-order valence-corrected chi connectivity index (χ2v) is 12.5. The summed E-state index contributed by atoms with van der Waals surface area (Å²) in [6.45, 7) is 0. The van der Waals surface area contributed by atoms with Crippen LogP contribution < -0.4 is 27.3 Å². The summed E-state index contributed by atoms with van der Waals surface area (Å²) in [6.07, 6.45) is 0. The van der Waals surface area contributed by atoms with Crippen molar-refractivity contribution in [3.05, 3.63) is 127 Å². The number of rotatable bonds is 4. The highest BCUT2D eigenvalue weighted by Crippen LogP contribution is 2.46. The Balaban J connectivity index is 1.52. The zero-order valence-electron chi connectivity index (χ0n) is 27.0. The van der Waals surface area contributed by atoms with E-state index >= 15 is 0 Å². The Labute approximate surface area is 274 Å². The second kappa shape index (κ2) is 11.0. The first-order valence-electron chi connectivity index (χ1n) is 16.1. The topological polar surface area (TPSA) is 17.8 Å². The zero-order chi connectivity index (χ0) is 31.5. The number of imidazole rings is 1. The molecule has 0 spiro atoms. The van der Waals surface area contributed by atoms with Crippen LogP contribution in [0.5, 0.6) is 0 Å². The van der Waals surface area contributed by atoms with Crippen molar-refractivity contribution in [3.63, 3.8) is 0 Å². The maximum Gasteiger partial charge on any atom is 0.146 e. The van der Waals surface area contributed by atoms with E-state index in [2.05, 4.69) is 171 Å². The minimum atomic E-state index is 0.955. The van der Waals surface area contributed by atoms with Crippen LogP contribution in [-0.2, 0) is 0 Å². The van der Waals surface area contributed by atoms with Gasteiger partial charge in [0.1, 0.15) is 45.1 Å². The van der Waals surface area contributed by atoms with Gasteiger partial charge in [0.25, 0.3) is 0 Å². The highest BCUT2D eigenvalue weighted by molar-refractivity contribution is 6.68. The van der Waals surface area contributed by atoms with Crippen LogP contribution in [0.1, 0.15) is 0 Å². The van der Waals surface area contributed by atoms with Crippen LogP contribution in [0, 0.1) is 0 Å². The van der Waals surface area contributed by atoms with Crippen molar-refractivity contribution in [2.24, 2.45) is 0 Å². The van der Waals surface area contributed by atoms with Crippen LogP contribution in [-0.4, -0.2) is 48.8 Å². The van der Waals surface area contributed by atoms with Gasteiger partial charge in [-0.05, 0) is 68.1 Å². The lowest BCUT2D eigenvalue weighted by Crippen LogP contribution is -2.55. The summed E-state index contributed by atoms with van der Waals surface area (Å²) >= 11 is 0. The summed E-state index contributed by atoms with van der Waals surface area (Å²) in [7, 11) is 11.4. The highest BCUT2D eigenvalue weighted by Gasteiger charge is 2.24. The lowest BCUT2D eigenvalue weighted by molar-refractivity contribution is 1.11. The Hall–Kier alpha value is -5.15. The number of nitrogens with zero attached hydrogens (tertiary/aromatic N) is 2. The van der Waals surface area contributed by atoms with Crippen molar-refractivity contribution in [1.82, 2.24) is 9.55 Å². The maximum atomic E-state index is 5.34. The van der Waals surface area contributed by atoms with E-state index in [0.29, 0.717) is 0 Å². The molecule has 8 rings (SSSR count). The van der Waals surface area contributed by atoms with E-state index in [1.54, 1.807) is 0 Å². The molecule has 8 aromatic rings. The molecule has 0 unspecified atom stereocenters. The Kier molecular flexibility index (Phi) is 6.80. The van der Waals surface area contributed by atoms with Gasteiger partial charge in [-0.3, -0.25) is 4.57 Å². The molecule has 1 heterocycles. The first-order chi connectivity index (χ1) is 22.5. The van der Waals surface area contributed by atoms with E-state index in [4.69, 9.17) is 4.98 Å². The molecular weight excluding hydrogens is 551 g/mol. The Morgan fingerprint density at radius 3 is 1.41 bits per heavy atom. The van der Waals surface area contributed by atoms with Crippen LogP contribution >= 0.6 is 0 Å². The summed E-state index contributed by atoms with van der Waals surface area (Å²) in [4.78, 5) is 5.34. The first kappa shape index (κ1) is 28.3. The number of hydrogen-bond acceptors (Lipinski definition) is 1. The molecule has 0 saturated heterocycles. The molecule has 0 fully saturated rings. The van der Waals surface area contributed by atoms with Crippen molar-refractivity contribution in [3.8, 4) is 39.3 Å². The Bertz CT molecular complexity index is 2400. The van der Waals surface area contributed by atoms with Crippen LogP contribution in [0.4, 0.5) is 0 Å². The van der Waals surface area contributed by atoms with Crippen LogP contribution in [0.25, 0.3) is 71.9 Å². The van der Waals surface area contributed by atoms with E-state index in [0.717, 1.165) is 28.1 Å². The largest absolute Gasteiger partial charge is 0.292 e. The van der Waals surface area contributed by atoms with Gasteiger partial charge in [0.15, 0.2) is 0 Å². The second-order valence-electron chi connectivity index (χ2n) is 12.5. The zero-order valence-corrected chi connectivity index (χ0v) is 27.0. The average Bonchev–Trinajstić information content (AvgIpc) is 3.48. The number of benzene rings is 7. The summed E-state index contributed by atoms with van der Waals surface area (Å²) in [6, 6.07) is 45.8. The summed E-state index contributed by atoms with van der Waals surface area (Å²) < 4.78 is 2.32. The van der Waals surface area contributed by atoms with Gasteiger partial charge in [-0.25, -0.2) is 4.98 Å². The molecule has 46 heavy (non-hydrogen) atoms. The predicted octanol–water partition coefficient (Wildman–Crippen LogP) is 1.62. The van der Waals surface area contributed by atoms with Crippen molar-refractivity contribution >= 4 is 99.1 Å². The third-order valence-electron chi connectivity index (χ3n) is 10.2. The fourth-order valence-electron chi connectivity index (χ4n) is 7.51.